The predicted octanol–water partition coefficient (Wildman–Crippen LogP) is 2.68. The van der Waals surface area contributed by atoms with Gasteiger partial charge in [-0.3, -0.25) is 4.79 Å². The monoisotopic (exact) mass is 265 g/mol. The van der Waals surface area contributed by atoms with Gasteiger partial charge >= 0.3 is 0 Å². The number of anilines is 1. The number of aromatic nitrogens is 2. The van der Waals surface area contributed by atoms with Gasteiger partial charge < -0.3 is 5.32 Å². The number of nitrogens with zero attached hydrogens (tertiary/aromatic N) is 2. The Morgan fingerprint density at radius 2 is 2.17 bits per heavy atom. The lowest BCUT2D eigenvalue weighted by molar-refractivity contribution is 0.102. The second-order valence-electron chi connectivity index (χ2n) is 3.97. The minimum atomic E-state index is -0.255. The summed E-state index contributed by atoms with van der Waals surface area (Å²) in [5.41, 5.74) is 3.00. The van der Waals surface area contributed by atoms with Crippen LogP contribution >= 0.6 is 11.6 Å². The molecule has 0 saturated heterocycles. The number of aryl methyl sites for hydroxylation is 2. The van der Waals surface area contributed by atoms with Crippen molar-refractivity contribution in [3.05, 3.63) is 40.6 Å². The number of hydrogen-bond donors (Lipinski definition) is 1. The Morgan fingerprint density at radius 1 is 1.39 bits per heavy atom. The Labute approximate surface area is 109 Å². The van der Waals surface area contributed by atoms with Gasteiger partial charge in [0.1, 0.15) is 5.69 Å². The first-order valence-electron chi connectivity index (χ1n) is 5.38. The van der Waals surface area contributed by atoms with E-state index in [4.69, 9.17) is 11.6 Å². The van der Waals surface area contributed by atoms with Crippen molar-refractivity contribution in [2.75, 3.05) is 5.32 Å². The molecule has 0 aliphatic heterocycles. The molecule has 0 atom stereocenters. The third-order valence-electron chi connectivity index (χ3n) is 2.54. The quantitative estimate of drug-likeness (QED) is 0.867. The van der Waals surface area contributed by atoms with Gasteiger partial charge in [-0.15, -0.1) is 11.6 Å². The van der Waals surface area contributed by atoms with E-state index in [0.29, 0.717) is 11.3 Å². The van der Waals surface area contributed by atoms with Crippen LogP contribution in [0.5, 0.6) is 0 Å². The third-order valence-corrected chi connectivity index (χ3v) is 2.79. The van der Waals surface area contributed by atoms with Crippen LogP contribution in [0.4, 0.5) is 5.82 Å². The highest BCUT2D eigenvalue weighted by molar-refractivity contribution is 6.17. The van der Waals surface area contributed by atoms with E-state index in [0.717, 1.165) is 11.1 Å². The van der Waals surface area contributed by atoms with Gasteiger partial charge in [-0.05, 0) is 30.6 Å². The fourth-order valence-corrected chi connectivity index (χ4v) is 1.81. The Bertz CT molecular complexity index is 580. The summed E-state index contributed by atoms with van der Waals surface area (Å²) in [6.45, 7) is 3.85. The molecule has 0 unspecified atom stereocenters. The first kappa shape index (κ1) is 12.6. The molecule has 0 saturated carbocycles. The number of hydrogen-bond acceptors (Lipinski definition) is 4. The van der Waals surface area contributed by atoms with Crippen LogP contribution in [-0.2, 0) is 5.88 Å². The predicted molar refractivity (Wildman–Crippen MR) is 67.7 cm³/mol. The first-order valence-corrected chi connectivity index (χ1v) is 5.91. The van der Waals surface area contributed by atoms with E-state index in [1.54, 1.807) is 6.07 Å². The Kier molecular flexibility index (Phi) is 3.62. The minimum absolute atomic E-state index is 0.131. The van der Waals surface area contributed by atoms with Crippen LogP contribution in [0, 0.1) is 13.8 Å². The highest BCUT2D eigenvalue weighted by atomic mass is 35.5. The van der Waals surface area contributed by atoms with Crippen molar-refractivity contribution in [2.24, 2.45) is 0 Å². The van der Waals surface area contributed by atoms with Gasteiger partial charge in [0, 0.05) is 5.56 Å². The summed E-state index contributed by atoms with van der Waals surface area (Å²) >= 11 is 5.64. The van der Waals surface area contributed by atoms with E-state index < -0.39 is 0 Å². The van der Waals surface area contributed by atoms with E-state index in [2.05, 4.69) is 20.3 Å². The van der Waals surface area contributed by atoms with Gasteiger partial charge in [0.05, 0.1) is 5.88 Å². The molecule has 5 nitrogen and oxygen atoms in total. The van der Waals surface area contributed by atoms with Gasteiger partial charge in [0.2, 0.25) is 5.82 Å². The lowest BCUT2D eigenvalue weighted by Gasteiger charge is -2.06. The fraction of sp³-hybridized carbons (Fsp3) is 0.250. The minimum Gasteiger partial charge on any atom is -0.302 e. The van der Waals surface area contributed by atoms with E-state index in [1.165, 1.54) is 0 Å². The zero-order valence-corrected chi connectivity index (χ0v) is 10.8. The van der Waals surface area contributed by atoms with Crippen molar-refractivity contribution < 1.29 is 9.42 Å². The average molecular weight is 266 g/mol. The summed E-state index contributed by atoms with van der Waals surface area (Å²) in [6, 6.07) is 5.59. The van der Waals surface area contributed by atoms with Crippen molar-refractivity contribution in [1.82, 2.24) is 10.3 Å². The molecule has 2 rings (SSSR count). The number of halogens is 1. The molecule has 1 N–H and O–H groups in total. The van der Waals surface area contributed by atoms with E-state index in [9.17, 15) is 4.79 Å². The van der Waals surface area contributed by atoms with Crippen LogP contribution in [-0.4, -0.2) is 16.2 Å². The van der Waals surface area contributed by atoms with Crippen molar-refractivity contribution in [1.29, 1.82) is 0 Å². The second kappa shape index (κ2) is 5.18. The Hall–Kier alpha value is -1.88. The Balaban J connectivity index is 2.22. The largest absolute Gasteiger partial charge is 0.302 e. The topological polar surface area (TPSA) is 68.0 Å². The zero-order valence-electron chi connectivity index (χ0n) is 10.0. The molecule has 0 radical (unpaired) electrons. The fourth-order valence-electron chi connectivity index (χ4n) is 1.63. The Morgan fingerprint density at radius 3 is 2.83 bits per heavy atom. The molecule has 1 heterocycles. The van der Waals surface area contributed by atoms with Crippen molar-refractivity contribution in [3.63, 3.8) is 0 Å². The van der Waals surface area contributed by atoms with Gasteiger partial charge in [-0.1, -0.05) is 22.9 Å². The SMILES string of the molecule is Cc1ccc(C(=O)Nc2nonc2CCl)c(C)c1. The standard InChI is InChI=1S/C12H12ClN3O2/c1-7-3-4-9(8(2)5-7)12(17)14-11-10(6-13)15-18-16-11/h3-5H,6H2,1-2H3,(H,14,16,17). The van der Waals surface area contributed by atoms with Crippen LogP contribution < -0.4 is 5.32 Å². The summed E-state index contributed by atoms with van der Waals surface area (Å²) in [5, 5.41) is 9.81. The second-order valence-corrected chi connectivity index (χ2v) is 4.23. The van der Waals surface area contributed by atoms with Crippen LogP contribution in [0.2, 0.25) is 0 Å². The molecule has 1 aromatic heterocycles. The summed E-state index contributed by atoms with van der Waals surface area (Å²) in [5.74, 6) is 0.135. The summed E-state index contributed by atoms with van der Waals surface area (Å²) in [4.78, 5) is 12.0. The maximum Gasteiger partial charge on any atom is 0.257 e. The van der Waals surface area contributed by atoms with E-state index in [-0.39, 0.29) is 17.6 Å². The third kappa shape index (κ3) is 2.51. The normalized spacial score (nSPS) is 10.4. The molecule has 0 bridgehead atoms. The van der Waals surface area contributed by atoms with E-state index >= 15 is 0 Å². The molecule has 0 spiro atoms. The smallest absolute Gasteiger partial charge is 0.257 e. The number of amides is 1. The molecule has 1 aromatic carbocycles. The number of carbonyl (C=O) groups excluding carboxylic acids is 1. The highest BCUT2D eigenvalue weighted by Crippen LogP contribution is 2.16. The number of rotatable bonds is 3. The molecule has 18 heavy (non-hydrogen) atoms. The lowest BCUT2D eigenvalue weighted by Crippen LogP contribution is -2.14. The van der Waals surface area contributed by atoms with Gasteiger partial charge in [-0.2, -0.15) is 0 Å². The van der Waals surface area contributed by atoms with Crippen molar-refractivity contribution >= 4 is 23.3 Å². The molecular formula is C12H12ClN3O2. The van der Waals surface area contributed by atoms with Crippen LogP contribution in [0.25, 0.3) is 0 Å². The maximum absolute atomic E-state index is 12.0. The van der Waals surface area contributed by atoms with E-state index in [1.807, 2.05) is 26.0 Å². The van der Waals surface area contributed by atoms with Crippen LogP contribution in [0.1, 0.15) is 27.2 Å². The number of carbonyl (C=O) groups is 1. The molecule has 2 aromatic rings. The summed E-state index contributed by atoms with van der Waals surface area (Å²) in [7, 11) is 0. The molecule has 0 aliphatic rings. The van der Waals surface area contributed by atoms with Gasteiger partial charge in [0.25, 0.3) is 5.91 Å². The zero-order chi connectivity index (χ0) is 13.1. The summed E-state index contributed by atoms with van der Waals surface area (Å²) < 4.78 is 4.52. The van der Waals surface area contributed by atoms with Gasteiger partial charge in [0.15, 0.2) is 0 Å². The highest BCUT2D eigenvalue weighted by Gasteiger charge is 2.15. The number of nitrogens with one attached hydrogen (secondary N) is 1. The average Bonchev–Trinajstić information content (AvgIpc) is 2.76. The molecule has 94 valence electrons. The maximum atomic E-state index is 12.0. The van der Waals surface area contributed by atoms with Crippen molar-refractivity contribution in [3.8, 4) is 0 Å². The summed E-state index contributed by atoms with van der Waals surface area (Å²) in [6.07, 6.45) is 0. The van der Waals surface area contributed by atoms with Crippen LogP contribution in [0.3, 0.4) is 0 Å². The molecule has 0 aliphatic carbocycles. The number of benzene rings is 1. The first-order chi connectivity index (χ1) is 8.61. The van der Waals surface area contributed by atoms with Gasteiger partial charge in [-0.25, -0.2) is 4.63 Å². The van der Waals surface area contributed by atoms with Crippen LogP contribution in [0.15, 0.2) is 22.8 Å². The lowest BCUT2D eigenvalue weighted by atomic mass is 10.1. The molecule has 1 amide bonds. The molecule has 6 heteroatoms. The molecular weight excluding hydrogens is 254 g/mol. The van der Waals surface area contributed by atoms with Crippen molar-refractivity contribution in [2.45, 2.75) is 19.7 Å². The number of alkyl halides is 1. The molecule has 0 fully saturated rings.